The van der Waals surface area contributed by atoms with Gasteiger partial charge in [-0.3, -0.25) is 0 Å². The van der Waals surface area contributed by atoms with Crippen molar-refractivity contribution in [3.05, 3.63) is 90.5 Å². The van der Waals surface area contributed by atoms with Gasteiger partial charge in [-0.2, -0.15) is 0 Å². The number of aromatic amines is 1. The highest BCUT2D eigenvalue weighted by Crippen LogP contribution is 2.27. The average molecular weight is 453 g/mol. The molecule has 6 heteroatoms. The van der Waals surface area contributed by atoms with Crippen LogP contribution in [0.3, 0.4) is 0 Å². The molecule has 0 saturated carbocycles. The third-order valence-corrected chi connectivity index (χ3v) is 5.82. The van der Waals surface area contributed by atoms with Gasteiger partial charge in [0.05, 0.1) is 23.3 Å². The molecule has 0 aliphatic carbocycles. The predicted octanol–water partition coefficient (Wildman–Crippen LogP) is 6.68. The molecule has 0 radical (unpaired) electrons. The molecule has 164 valence electrons. The Labute approximate surface area is 198 Å². The van der Waals surface area contributed by atoms with Gasteiger partial charge in [-0.1, -0.05) is 48.5 Å². The summed E-state index contributed by atoms with van der Waals surface area (Å²) in [5, 5.41) is 5.75. The number of anilines is 1. The largest absolute Gasteiger partial charge is 0.355 e. The molecule has 0 amide bonds. The summed E-state index contributed by atoms with van der Waals surface area (Å²) in [5.41, 5.74) is 4.96. The standard InChI is InChI=1S/C27H24N4OS/c1-18(28-17-32-16-19-10-11-20-6-2-3-7-21(20)14-19)29-25-13-12-22(15-26(25)33)27-30-23-8-4-5-9-24(23)31-27/h2-15,33H,16-17H2,1H3,(H,28,29)(H,30,31). The quantitative estimate of drug-likeness (QED) is 0.117. The number of rotatable bonds is 6. The van der Waals surface area contributed by atoms with E-state index in [0.29, 0.717) is 6.61 Å². The van der Waals surface area contributed by atoms with Crippen LogP contribution in [0.1, 0.15) is 12.5 Å². The Kier molecular flexibility index (Phi) is 6.11. The van der Waals surface area contributed by atoms with Crippen molar-refractivity contribution in [1.82, 2.24) is 9.97 Å². The molecule has 0 aliphatic heterocycles. The topological polar surface area (TPSA) is 62.3 Å². The average Bonchev–Trinajstić information content (AvgIpc) is 3.27. The molecule has 5 nitrogen and oxygen atoms in total. The summed E-state index contributed by atoms with van der Waals surface area (Å²) in [4.78, 5) is 13.3. The van der Waals surface area contributed by atoms with Crippen LogP contribution in [-0.2, 0) is 11.3 Å². The molecule has 33 heavy (non-hydrogen) atoms. The Morgan fingerprint density at radius 3 is 2.64 bits per heavy atom. The van der Waals surface area contributed by atoms with E-state index in [1.807, 2.05) is 61.5 Å². The van der Waals surface area contributed by atoms with Gasteiger partial charge in [0.25, 0.3) is 0 Å². The molecule has 5 aromatic rings. The van der Waals surface area contributed by atoms with Crippen LogP contribution in [0, 0.1) is 0 Å². The number of para-hydroxylation sites is 2. The Morgan fingerprint density at radius 2 is 1.79 bits per heavy atom. The highest BCUT2D eigenvalue weighted by Gasteiger charge is 2.08. The molecule has 0 atom stereocenters. The number of aliphatic imine (C=N–C) groups is 1. The van der Waals surface area contributed by atoms with Gasteiger partial charge in [-0.25, -0.2) is 9.98 Å². The summed E-state index contributed by atoms with van der Waals surface area (Å²) >= 11 is 4.65. The fourth-order valence-electron chi connectivity index (χ4n) is 3.74. The summed E-state index contributed by atoms with van der Waals surface area (Å²) in [6.45, 7) is 2.72. The molecule has 0 bridgehead atoms. The smallest absolute Gasteiger partial charge is 0.139 e. The van der Waals surface area contributed by atoms with Crippen LogP contribution < -0.4 is 5.32 Å². The highest BCUT2D eigenvalue weighted by atomic mass is 32.1. The van der Waals surface area contributed by atoms with Crippen molar-refractivity contribution in [2.24, 2.45) is 4.99 Å². The summed E-state index contributed by atoms with van der Waals surface area (Å²) in [7, 11) is 0. The first-order chi connectivity index (χ1) is 16.2. The minimum absolute atomic E-state index is 0.282. The SMILES string of the molecule is CC(=NCOCc1ccc2ccccc2c1)Nc1ccc(-c2nc3ccccc3[nH]2)cc1S. The lowest BCUT2D eigenvalue weighted by Crippen LogP contribution is -2.09. The van der Waals surface area contributed by atoms with E-state index >= 15 is 0 Å². The Bertz CT molecular complexity index is 1420. The van der Waals surface area contributed by atoms with Gasteiger partial charge < -0.3 is 15.0 Å². The third-order valence-electron chi connectivity index (χ3n) is 5.45. The van der Waals surface area contributed by atoms with Gasteiger partial charge in [0.1, 0.15) is 18.4 Å². The minimum Gasteiger partial charge on any atom is -0.355 e. The number of fused-ring (bicyclic) bond motifs is 2. The maximum absolute atomic E-state index is 5.75. The van der Waals surface area contributed by atoms with Crippen molar-refractivity contribution >= 4 is 46.0 Å². The minimum atomic E-state index is 0.282. The zero-order chi connectivity index (χ0) is 22.6. The summed E-state index contributed by atoms with van der Waals surface area (Å²) in [6, 6.07) is 28.7. The van der Waals surface area contributed by atoms with E-state index in [4.69, 9.17) is 4.74 Å². The second-order valence-electron chi connectivity index (χ2n) is 7.86. The van der Waals surface area contributed by atoms with E-state index < -0.39 is 0 Å². The lowest BCUT2D eigenvalue weighted by molar-refractivity contribution is 0.129. The van der Waals surface area contributed by atoms with Gasteiger partial charge in [-0.15, -0.1) is 12.6 Å². The van der Waals surface area contributed by atoms with Crippen LogP contribution in [0.15, 0.2) is 94.8 Å². The van der Waals surface area contributed by atoms with Crippen LogP contribution in [0.5, 0.6) is 0 Å². The number of hydrogen-bond donors (Lipinski definition) is 3. The van der Waals surface area contributed by atoms with E-state index in [1.165, 1.54) is 10.8 Å². The van der Waals surface area contributed by atoms with Crippen molar-refractivity contribution in [1.29, 1.82) is 0 Å². The highest BCUT2D eigenvalue weighted by molar-refractivity contribution is 7.80. The number of hydrogen-bond acceptors (Lipinski definition) is 4. The fourth-order valence-corrected chi connectivity index (χ4v) is 4.01. The lowest BCUT2D eigenvalue weighted by Gasteiger charge is -2.10. The molecule has 0 unspecified atom stereocenters. The number of thiol groups is 1. The predicted molar refractivity (Wildman–Crippen MR) is 139 cm³/mol. The normalized spacial score (nSPS) is 11.9. The van der Waals surface area contributed by atoms with Crippen LogP contribution in [0.4, 0.5) is 5.69 Å². The molecule has 1 aromatic heterocycles. The zero-order valence-corrected chi connectivity index (χ0v) is 19.1. The fraction of sp³-hybridized carbons (Fsp3) is 0.111. The van der Waals surface area contributed by atoms with Crippen molar-refractivity contribution in [2.45, 2.75) is 18.4 Å². The third kappa shape index (κ3) is 4.92. The van der Waals surface area contributed by atoms with E-state index in [9.17, 15) is 0 Å². The van der Waals surface area contributed by atoms with Crippen LogP contribution in [0.25, 0.3) is 33.2 Å². The van der Waals surface area contributed by atoms with Gasteiger partial charge in [0.15, 0.2) is 0 Å². The van der Waals surface area contributed by atoms with E-state index in [-0.39, 0.29) is 6.73 Å². The molecule has 0 aliphatic rings. The first kappa shape index (κ1) is 21.2. The second-order valence-corrected chi connectivity index (χ2v) is 8.34. The summed E-state index contributed by atoms with van der Waals surface area (Å²) in [5.74, 6) is 1.59. The molecule has 0 fully saturated rings. The summed E-state index contributed by atoms with van der Waals surface area (Å²) < 4.78 is 5.75. The molecule has 2 N–H and O–H groups in total. The Hall–Kier alpha value is -3.61. The van der Waals surface area contributed by atoms with E-state index in [2.05, 4.69) is 63.2 Å². The first-order valence-corrected chi connectivity index (χ1v) is 11.2. The maximum atomic E-state index is 5.75. The molecular weight excluding hydrogens is 428 g/mol. The summed E-state index contributed by atoms with van der Waals surface area (Å²) in [6.07, 6.45) is 0. The number of H-pyrrole nitrogens is 1. The molecular formula is C27H24N4OS. The number of amidine groups is 1. The van der Waals surface area contributed by atoms with Crippen molar-refractivity contribution in [3.8, 4) is 11.4 Å². The molecule has 5 rings (SSSR count). The van der Waals surface area contributed by atoms with Crippen LogP contribution in [-0.4, -0.2) is 22.5 Å². The number of ether oxygens (including phenoxy) is 1. The van der Waals surface area contributed by atoms with Gasteiger partial charge in [0.2, 0.25) is 0 Å². The molecule has 4 aromatic carbocycles. The Balaban J connectivity index is 1.19. The molecule has 1 heterocycles. The van der Waals surface area contributed by atoms with Crippen molar-refractivity contribution < 1.29 is 4.74 Å². The monoisotopic (exact) mass is 452 g/mol. The molecule has 0 saturated heterocycles. The van der Waals surface area contributed by atoms with Gasteiger partial charge in [0, 0.05) is 10.5 Å². The maximum Gasteiger partial charge on any atom is 0.139 e. The number of nitrogens with zero attached hydrogens (tertiary/aromatic N) is 2. The van der Waals surface area contributed by atoms with E-state index in [1.54, 1.807) is 0 Å². The number of imidazole rings is 1. The number of aromatic nitrogens is 2. The van der Waals surface area contributed by atoms with E-state index in [0.717, 1.165) is 44.4 Å². The number of benzene rings is 4. The van der Waals surface area contributed by atoms with Crippen LogP contribution >= 0.6 is 12.6 Å². The Morgan fingerprint density at radius 1 is 0.970 bits per heavy atom. The van der Waals surface area contributed by atoms with Crippen molar-refractivity contribution in [3.63, 3.8) is 0 Å². The first-order valence-electron chi connectivity index (χ1n) is 10.8. The lowest BCUT2D eigenvalue weighted by atomic mass is 10.1. The molecule has 0 spiro atoms. The van der Waals surface area contributed by atoms with Gasteiger partial charge >= 0.3 is 0 Å². The second kappa shape index (κ2) is 9.48. The number of nitrogens with one attached hydrogen (secondary N) is 2. The van der Waals surface area contributed by atoms with Crippen LogP contribution in [0.2, 0.25) is 0 Å². The van der Waals surface area contributed by atoms with Crippen molar-refractivity contribution in [2.75, 3.05) is 12.0 Å². The zero-order valence-electron chi connectivity index (χ0n) is 18.2. The van der Waals surface area contributed by atoms with Gasteiger partial charge in [-0.05, 0) is 59.7 Å².